The van der Waals surface area contributed by atoms with Gasteiger partial charge in [-0.05, 0) is 60.4 Å². The number of hydrogen-bond donors (Lipinski definition) is 0. The quantitative estimate of drug-likeness (QED) is 0.595. The average molecular weight is 424 g/mol. The highest BCUT2D eigenvalue weighted by Crippen LogP contribution is 2.29. The van der Waals surface area contributed by atoms with E-state index in [1.54, 1.807) is 0 Å². The molecule has 0 spiro atoms. The summed E-state index contributed by atoms with van der Waals surface area (Å²) < 4.78 is 2.37. The molecule has 116 valence electrons. The number of likely N-dealkylation sites (N-methyl/N-ethyl adjacent to an activating group) is 2. The van der Waals surface area contributed by atoms with Crippen molar-refractivity contribution >= 4 is 43.2 Å². The third-order valence-corrected chi connectivity index (χ3v) is 5.33. The molecule has 0 aromatic heterocycles. The first kappa shape index (κ1) is 15.9. The van der Waals surface area contributed by atoms with Crippen LogP contribution in [0.5, 0.6) is 0 Å². The van der Waals surface area contributed by atoms with Gasteiger partial charge in [-0.25, -0.2) is 0 Å². The molecule has 22 heavy (non-hydrogen) atoms. The third kappa shape index (κ3) is 3.33. The predicted molar refractivity (Wildman–Crippen MR) is 102 cm³/mol. The lowest BCUT2D eigenvalue weighted by atomic mass is 10.2. The summed E-state index contributed by atoms with van der Waals surface area (Å²) in [4.78, 5) is 4.59. The monoisotopic (exact) mass is 422 g/mol. The number of fused-ring (bicyclic) bond motifs is 2. The predicted octanol–water partition coefficient (Wildman–Crippen LogP) is 4.88. The molecule has 0 amide bonds. The highest BCUT2D eigenvalue weighted by Gasteiger charge is 2.15. The average Bonchev–Trinajstić information content (AvgIpc) is 3.03. The molecule has 0 unspecified atom stereocenters. The van der Waals surface area contributed by atoms with E-state index in [2.05, 4.69) is 92.2 Å². The van der Waals surface area contributed by atoms with Crippen LogP contribution in [0.4, 0.5) is 11.4 Å². The summed E-state index contributed by atoms with van der Waals surface area (Å²) in [5.41, 5.74) is 5.69. The summed E-state index contributed by atoms with van der Waals surface area (Å²) in [5, 5.41) is 0. The van der Waals surface area contributed by atoms with E-state index in [0.29, 0.717) is 0 Å². The maximum Gasteiger partial charge on any atom is 0.0397 e. The Morgan fingerprint density at radius 3 is 1.55 bits per heavy atom. The fourth-order valence-corrected chi connectivity index (χ4v) is 3.89. The van der Waals surface area contributed by atoms with E-state index < -0.39 is 0 Å². The molecule has 0 N–H and O–H groups in total. The Morgan fingerprint density at radius 1 is 0.727 bits per heavy atom. The van der Waals surface area contributed by atoms with E-state index in [1.165, 1.54) is 44.3 Å². The fraction of sp³-hybridized carbons (Fsp3) is 0.333. The standard InChI is InChI=1S/2C9H10BrN/c2*1-11-5-4-7-6-8(10)2-3-9(7)11/h2*2-3,6H,4-5H2,1H3. The van der Waals surface area contributed by atoms with Crippen molar-refractivity contribution in [1.29, 1.82) is 0 Å². The van der Waals surface area contributed by atoms with Gasteiger partial charge in [-0.3, -0.25) is 0 Å². The van der Waals surface area contributed by atoms with Crippen molar-refractivity contribution in [2.45, 2.75) is 12.8 Å². The van der Waals surface area contributed by atoms with E-state index >= 15 is 0 Å². The molecular weight excluding hydrogens is 404 g/mol. The van der Waals surface area contributed by atoms with E-state index in [-0.39, 0.29) is 0 Å². The zero-order valence-corrected chi connectivity index (χ0v) is 16.1. The molecule has 2 aromatic carbocycles. The van der Waals surface area contributed by atoms with Crippen molar-refractivity contribution in [2.24, 2.45) is 0 Å². The lowest BCUT2D eigenvalue weighted by molar-refractivity contribution is 0.956. The van der Waals surface area contributed by atoms with Crippen LogP contribution in [0.2, 0.25) is 0 Å². The Bertz CT molecular complexity index is 625. The Hall–Kier alpha value is -1.00. The van der Waals surface area contributed by atoms with E-state index in [0.717, 1.165) is 13.1 Å². The number of halogens is 2. The van der Waals surface area contributed by atoms with Gasteiger partial charge < -0.3 is 9.80 Å². The first-order valence-electron chi connectivity index (χ1n) is 7.54. The molecular formula is C18H20Br2N2. The summed E-state index contributed by atoms with van der Waals surface area (Å²) in [6, 6.07) is 13.0. The van der Waals surface area contributed by atoms with E-state index in [4.69, 9.17) is 0 Å². The summed E-state index contributed by atoms with van der Waals surface area (Å²) in [5.74, 6) is 0. The molecule has 2 aromatic rings. The highest BCUT2D eigenvalue weighted by atomic mass is 79.9. The molecule has 4 rings (SSSR count). The molecule has 0 saturated heterocycles. The summed E-state index contributed by atoms with van der Waals surface area (Å²) >= 11 is 6.93. The summed E-state index contributed by atoms with van der Waals surface area (Å²) in [6.45, 7) is 2.32. The normalized spacial score (nSPS) is 15.3. The summed E-state index contributed by atoms with van der Waals surface area (Å²) in [6.07, 6.45) is 2.37. The minimum atomic E-state index is 1.16. The number of rotatable bonds is 0. The summed E-state index contributed by atoms with van der Waals surface area (Å²) in [7, 11) is 4.28. The van der Waals surface area contributed by atoms with Crippen LogP contribution < -0.4 is 9.80 Å². The number of anilines is 2. The van der Waals surface area contributed by atoms with E-state index in [1.807, 2.05) is 0 Å². The first-order chi connectivity index (χ1) is 10.5. The Kier molecular flexibility index (Phi) is 4.79. The molecule has 2 nitrogen and oxygen atoms in total. The number of nitrogens with zero attached hydrogens (tertiary/aromatic N) is 2. The number of hydrogen-bond acceptors (Lipinski definition) is 2. The van der Waals surface area contributed by atoms with Crippen molar-refractivity contribution in [3.8, 4) is 0 Å². The lowest BCUT2D eigenvalue weighted by Gasteiger charge is -2.10. The van der Waals surface area contributed by atoms with Crippen molar-refractivity contribution in [2.75, 3.05) is 37.0 Å². The second-order valence-electron chi connectivity index (χ2n) is 5.89. The van der Waals surface area contributed by atoms with Crippen LogP contribution in [0.3, 0.4) is 0 Å². The molecule has 0 saturated carbocycles. The lowest BCUT2D eigenvalue weighted by Crippen LogP contribution is -2.12. The molecule has 2 heterocycles. The molecule has 2 aliphatic rings. The first-order valence-corrected chi connectivity index (χ1v) is 9.12. The van der Waals surface area contributed by atoms with Crippen molar-refractivity contribution < 1.29 is 0 Å². The molecule has 0 bridgehead atoms. The fourth-order valence-electron chi connectivity index (χ4n) is 3.07. The minimum absolute atomic E-state index is 1.16. The zero-order chi connectivity index (χ0) is 15.7. The molecule has 2 aliphatic heterocycles. The van der Waals surface area contributed by atoms with Crippen LogP contribution in [0.25, 0.3) is 0 Å². The van der Waals surface area contributed by atoms with Gasteiger partial charge in [0.1, 0.15) is 0 Å². The second-order valence-corrected chi connectivity index (χ2v) is 7.72. The highest BCUT2D eigenvalue weighted by molar-refractivity contribution is 9.10. The Labute approximate surface area is 149 Å². The van der Waals surface area contributed by atoms with Gasteiger partial charge in [0.2, 0.25) is 0 Å². The Balaban J connectivity index is 0.000000131. The van der Waals surface area contributed by atoms with Gasteiger partial charge >= 0.3 is 0 Å². The van der Waals surface area contributed by atoms with Gasteiger partial charge in [0.15, 0.2) is 0 Å². The third-order valence-electron chi connectivity index (χ3n) is 4.34. The van der Waals surface area contributed by atoms with E-state index in [9.17, 15) is 0 Å². The van der Waals surface area contributed by atoms with Gasteiger partial charge in [-0.1, -0.05) is 31.9 Å². The van der Waals surface area contributed by atoms with Crippen LogP contribution in [0, 0.1) is 0 Å². The van der Waals surface area contributed by atoms with Crippen LogP contribution >= 0.6 is 31.9 Å². The van der Waals surface area contributed by atoms with Crippen LogP contribution in [-0.2, 0) is 12.8 Å². The molecule has 0 aliphatic carbocycles. The molecule has 0 fully saturated rings. The van der Waals surface area contributed by atoms with Gasteiger partial charge in [-0.2, -0.15) is 0 Å². The molecule has 0 atom stereocenters. The minimum Gasteiger partial charge on any atom is -0.374 e. The van der Waals surface area contributed by atoms with Gasteiger partial charge in [0.25, 0.3) is 0 Å². The maximum absolute atomic E-state index is 3.47. The Morgan fingerprint density at radius 2 is 1.14 bits per heavy atom. The van der Waals surface area contributed by atoms with Crippen LogP contribution in [0.1, 0.15) is 11.1 Å². The van der Waals surface area contributed by atoms with Crippen molar-refractivity contribution in [3.63, 3.8) is 0 Å². The number of benzene rings is 2. The van der Waals surface area contributed by atoms with Gasteiger partial charge in [0.05, 0.1) is 0 Å². The maximum atomic E-state index is 3.47. The molecule has 0 radical (unpaired) electrons. The van der Waals surface area contributed by atoms with Gasteiger partial charge in [0, 0.05) is 47.5 Å². The topological polar surface area (TPSA) is 6.48 Å². The van der Waals surface area contributed by atoms with Crippen LogP contribution in [0.15, 0.2) is 45.3 Å². The van der Waals surface area contributed by atoms with Crippen LogP contribution in [-0.4, -0.2) is 27.2 Å². The second kappa shape index (κ2) is 6.63. The smallest absolute Gasteiger partial charge is 0.0397 e. The molecule has 4 heteroatoms. The largest absolute Gasteiger partial charge is 0.374 e. The van der Waals surface area contributed by atoms with Crippen molar-refractivity contribution in [3.05, 3.63) is 56.5 Å². The SMILES string of the molecule is CN1CCc2cc(Br)ccc21.CN1CCc2cc(Br)ccc21. The zero-order valence-electron chi connectivity index (χ0n) is 12.9. The van der Waals surface area contributed by atoms with Crippen molar-refractivity contribution in [1.82, 2.24) is 0 Å². The van der Waals surface area contributed by atoms with Gasteiger partial charge in [-0.15, -0.1) is 0 Å².